The molecule has 0 aliphatic carbocycles. The standard InChI is InChI=1S/C28H28N2O3/c1-17-9-8-10-20(15-17)30-24(22-11-6-7-14-29-22)23(26(32)27(30)33)25(31)21-16-19(28(3,4)5)13-12-18(21)2/h6-16,24,31H,1-5H3/b25-23+. The first-order valence-electron chi connectivity index (χ1n) is 11.0. The number of benzene rings is 2. The summed E-state index contributed by atoms with van der Waals surface area (Å²) in [6.45, 7) is 10.1. The molecule has 1 aliphatic rings. The van der Waals surface area contributed by atoms with Crippen molar-refractivity contribution >= 4 is 23.1 Å². The summed E-state index contributed by atoms with van der Waals surface area (Å²) in [5.74, 6) is -1.57. The van der Waals surface area contributed by atoms with Gasteiger partial charge in [-0.05, 0) is 66.3 Å². The van der Waals surface area contributed by atoms with Crippen LogP contribution in [0.3, 0.4) is 0 Å². The Kier molecular flexibility index (Phi) is 5.66. The van der Waals surface area contributed by atoms with E-state index in [-0.39, 0.29) is 16.7 Å². The van der Waals surface area contributed by atoms with Crippen molar-refractivity contribution in [3.63, 3.8) is 0 Å². The monoisotopic (exact) mass is 440 g/mol. The van der Waals surface area contributed by atoms with Gasteiger partial charge < -0.3 is 5.11 Å². The largest absolute Gasteiger partial charge is 0.507 e. The van der Waals surface area contributed by atoms with Gasteiger partial charge in [-0.1, -0.05) is 51.1 Å². The number of hydrogen-bond acceptors (Lipinski definition) is 4. The molecule has 0 radical (unpaired) electrons. The number of carbonyl (C=O) groups is 2. The summed E-state index contributed by atoms with van der Waals surface area (Å²) in [5, 5.41) is 11.5. The molecule has 1 fully saturated rings. The molecule has 168 valence electrons. The molecular formula is C28H28N2O3. The molecule has 2 heterocycles. The number of Topliss-reactive ketones (excluding diaryl/α,β-unsaturated/α-hetero) is 1. The van der Waals surface area contributed by atoms with Crippen molar-refractivity contribution < 1.29 is 14.7 Å². The lowest BCUT2D eigenvalue weighted by atomic mass is 9.84. The minimum Gasteiger partial charge on any atom is -0.507 e. The minimum atomic E-state index is -0.828. The predicted molar refractivity (Wildman–Crippen MR) is 130 cm³/mol. The molecule has 1 aromatic heterocycles. The van der Waals surface area contributed by atoms with E-state index in [1.807, 2.05) is 56.3 Å². The van der Waals surface area contributed by atoms with Crippen molar-refractivity contribution in [3.8, 4) is 0 Å². The number of rotatable bonds is 3. The van der Waals surface area contributed by atoms with Crippen LogP contribution in [-0.2, 0) is 15.0 Å². The van der Waals surface area contributed by atoms with Gasteiger partial charge >= 0.3 is 0 Å². The van der Waals surface area contributed by atoms with Gasteiger partial charge in [0.25, 0.3) is 11.7 Å². The number of aryl methyl sites for hydroxylation is 2. The maximum absolute atomic E-state index is 13.3. The molecular weight excluding hydrogens is 412 g/mol. The van der Waals surface area contributed by atoms with E-state index in [2.05, 4.69) is 25.8 Å². The molecule has 0 bridgehead atoms. The van der Waals surface area contributed by atoms with Gasteiger partial charge in [-0.2, -0.15) is 0 Å². The van der Waals surface area contributed by atoms with Gasteiger partial charge in [0, 0.05) is 17.4 Å². The van der Waals surface area contributed by atoms with Crippen LogP contribution < -0.4 is 4.90 Å². The van der Waals surface area contributed by atoms with Gasteiger partial charge in [0.2, 0.25) is 0 Å². The number of ketones is 1. The van der Waals surface area contributed by atoms with Crippen molar-refractivity contribution in [1.82, 2.24) is 4.98 Å². The normalized spacial score (nSPS) is 18.1. The van der Waals surface area contributed by atoms with Gasteiger partial charge in [-0.3, -0.25) is 19.5 Å². The topological polar surface area (TPSA) is 70.5 Å². The number of aliphatic hydroxyl groups excluding tert-OH is 1. The zero-order valence-electron chi connectivity index (χ0n) is 19.6. The zero-order valence-corrected chi connectivity index (χ0v) is 19.6. The fraction of sp³-hybridized carbons (Fsp3) is 0.250. The number of hydrogen-bond donors (Lipinski definition) is 1. The first kappa shape index (κ1) is 22.5. The number of aromatic nitrogens is 1. The Morgan fingerprint density at radius 1 is 0.970 bits per heavy atom. The summed E-state index contributed by atoms with van der Waals surface area (Å²) < 4.78 is 0. The highest BCUT2D eigenvalue weighted by Gasteiger charge is 2.47. The van der Waals surface area contributed by atoms with Gasteiger partial charge in [-0.25, -0.2) is 0 Å². The van der Waals surface area contributed by atoms with Crippen LogP contribution in [0, 0.1) is 13.8 Å². The molecule has 0 saturated carbocycles. The average Bonchev–Trinajstić information content (AvgIpc) is 3.04. The molecule has 1 amide bonds. The summed E-state index contributed by atoms with van der Waals surface area (Å²) in [5.41, 5.74) is 4.37. The van der Waals surface area contributed by atoms with Gasteiger partial charge in [0.05, 0.1) is 11.3 Å². The highest BCUT2D eigenvalue weighted by atomic mass is 16.3. The van der Waals surface area contributed by atoms with Crippen LogP contribution in [0.4, 0.5) is 5.69 Å². The second kappa shape index (κ2) is 8.32. The molecule has 4 rings (SSSR count). The van der Waals surface area contributed by atoms with Crippen LogP contribution in [-0.4, -0.2) is 21.8 Å². The SMILES string of the molecule is Cc1cccc(N2C(=O)C(=O)/C(=C(/O)c3cc(C(C)(C)C)ccc3C)C2c2ccccn2)c1. The van der Waals surface area contributed by atoms with Crippen molar-refractivity contribution in [2.75, 3.05) is 4.90 Å². The fourth-order valence-electron chi connectivity index (χ4n) is 4.18. The average molecular weight is 441 g/mol. The maximum Gasteiger partial charge on any atom is 0.300 e. The Morgan fingerprint density at radius 2 is 1.73 bits per heavy atom. The number of pyridine rings is 1. The van der Waals surface area contributed by atoms with E-state index in [9.17, 15) is 14.7 Å². The summed E-state index contributed by atoms with van der Waals surface area (Å²) in [6.07, 6.45) is 1.62. The molecule has 0 spiro atoms. The molecule has 3 aromatic rings. The van der Waals surface area contributed by atoms with Gasteiger partial charge in [0.1, 0.15) is 11.8 Å². The second-order valence-corrected chi connectivity index (χ2v) is 9.54. The molecule has 1 N–H and O–H groups in total. The maximum atomic E-state index is 13.3. The predicted octanol–water partition coefficient (Wildman–Crippen LogP) is 5.62. The van der Waals surface area contributed by atoms with E-state index >= 15 is 0 Å². The molecule has 5 nitrogen and oxygen atoms in total. The highest BCUT2D eigenvalue weighted by Crippen LogP contribution is 2.42. The highest BCUT2D eigenvalue weighted by molar-refractivity contribution is 6.51. The summed E-state index contributed by atoms with van der Waals surface area (Å²) in [4.78, 5) is 32.5. The molecule has 33 heavy (non-hydrogen) atoms. The van der Waals surface area contributed by atoms with E-state index in [1.165, 1.54) is 4.90 Å². The third kappa shape index (κ3) is 4.07. The molecule has 1 saturated heterocycles. The molecule has 1 atom stereocenters. The summed E-state index contributed by atoms with van der Waals surface area (Å²) in [7, 11) is 0. The van der Waals surface area contributed by atoms with Crippen molar-refractivity contribution in [1.29, 1.82) is 0 Å². The van der Waals surface area contributed by atoms with E-state index in [0.29, 0.717) is 16.9 Å². The van der Waals surface area contributed by atoms with Crippen LogP contribution >= 0.6 is 0 Å². The van der Waals surface area contributed by atoms with Crippen LogP contribution in [0.1, 0.15) is 54.8 Å². The Bertz CT molecular complexity index is 1270. The molecule has 2 aromatic carbocycles. The quantitative estimate of drug-likeness (QED) is 0.326. The first-order chi connectivity index (χ1) is 15.6. The minimum absolute atomic E-state index is 0.0503. The zero-order chi connectivity index (χ0) is 23.9. The molecule has 1 unspecified atom stereocenters. The Labute approximate surface area is 194 Å². The van der Waals surface area contributed by atoms with Crippen LogP contribution in [0.15, 0.2) is 72.4 Å². The van der Waals surface area contributed by atoms with Crippen molar-refractivity contribution in [2.45, 2.75) is 46.1 Å². The Hall–Kier alpha value is -3.73. The van der Waals surface area contributed by atoms with Gasteiger partial charge in [-0.15, -0.1) is 0 Å². The number of nitrogens with zero attached hydrogens (tertiary/aromatic N) is 2. The van der Waals surface area contributed by atoms with Gasteiger partial charge in [0.15, 0.2) is 0 Å². The fourth-order valence-corrected chi connectivity index (χ4v) is 4.18. The number of anilines is 1. The molecule has 5 heteroatoms. The lowest BCUT2D eigenvalue weighted by Crippen LogP contribution is -2.29. The third-order valence-electron chi connectivity index (χ3n) is 6.05. The van der Waals surface area contributed by atoms with E-state index < -0.39 is 17.7 Å². The van der Waals surface area contributed by atoms with E-state index in [0.717, 1.165) is 16.7 Å². The third-order valence-corrected chi connectivity index (χ3v) is 6.05. The van der Waals surface area contributed by atoms with Crippen molar-refractivity contribution in [2.24, 2.45) is 0 Å². The number of carbonyl (C=O) groups excluding carboxylic acids is 2. The Balaban J connectivity index is 1.98. The lowest BCUT2D eigenvalue weighted by Gasteiger charge is -2.25. The van der Waals surface area contributed by atoms with Crippen LogP contribution in [0.25, 0.3) is 5.76 Å². The van der Waals surface area contributed by atoms with Crippen LogP contribution in [0.2, 0.25) is 0 Å². The molecule has 1 aliphatic heterocycles. The van der Waals surface area contributed by atoms with E-state index in [4.69, 9.17) is 0 Å². The number of amides is 1. The van der Waals surface area contributed by atoms with E-state index in [1.54, 1.807) is 24.4 Å². The first-order valence-corrected chi connectivity index (χ1v) is 11.0. The van der Waals surface area contributed by atoms with Crippen molar-refractivity contribution in [3.05, 3.63) is 100 Å². The lowest BCUT2D eigenvalue weighted by molar-refractivity contribution is -0.132. The summed E-state index contributed by atoms with van der Waals surface area (Å²) in [6, 6.07) is 17.8. The smallest absolute Gasteiger partial charge is 0.300 e. The van der Waals surface area contributed by atoms with Crippen LogP contribution in [0.5, 0.6) is 0 Å². The Morgan fingerprint density at radius 3 is 2.36 bits per heavy atom. The second-order valence-electron chi connectivity index (χ2n) is 9.54. The summed E-state index contributed by atoms with van der Waals surface area (Å²) >= 11 is 0. The number of aliphatic hydroxyl groups is 1.